The van der Waals surface area contributed by atoms with Crippen LogP contribution >= 0.6 is 0 Å². The van der Waals surface area contributed by atoms with E-state index in [1.54, 1.807) is 12.4 Å². The van der Waals surface area contributed by atoms with Gasteiger partial charge in [0.1, 0.15) is 0 Å². The Morgan fingerprint density at radius 2 is 1.54 bits per heavy atom. The van der Waals surface area contributed by atoms with Gasteiger partial charge in [-0.1, -0.05) is 6.07 Å². The molecule has 13 heavy (non-hydrogen) atoms. The lowest BCUT2D eigenvalue weighted by atomic mass is 10.4. The normalized spacial score (nSPS) is 13.4. The van der Waals surface area contributed by atoms with Gasteiger partial charge in [-0.2, -0.15) is 0 Å². The quantitative estimate of drug-likeness (QED) is 0.662. The van der Waals surface area contributed by atoms with Gasteiger partial charge in [0.2, 0.25) is 0 Å². The number of ether oxygens (including phenoxy) is 1. The molecule has 0 atom stereocenters. The van der Waals surface area contributed by atoms with Gasteiger partial charge in [-0.05, 0) is 25.0 Å². The summed E-state index contributed by atoms with van der Waals surface area (Å²) >= 11 is 0. The van der Waals surface area contributed by atoms with Crippen LogP contribution in [0.15, 0.2) is 30.6 Å². The van der Waals surface area contributed by atoms with Crippen molar-refractivity contribution in [1.29, 1.82) is 0 Å². The second kappa shape index (κ2) is 11.1. The van der Waals surface area contributed by atoms with Gasteiger partial charge < -0.3 is 9.84 Å². The maximum atomic E-state index is 7.00. The van der Waals surface area contributed by atoms with Crippen LogP contribution < -0.4 is 0 Å². The highest BCUT2D eigenvalue weighted by atomic mass is 16.5. The summed E-state index contributed by atoms with van der Waals surface area (Å²) in [6.07, 6.45) is 6.06. The summed E-state index contributed by atoms with van der Waals surface area (Å²) in [7, 11) is 1.00. The van der Waals surface area contributed by atoms with Crippen LogP contribution in [0, 0.1) is 0 Å². The van der Waals surface area contributed by atoms with Gasteiger partial charge in [0.15, 0.2) is 0 Å². The second-order valence-corrected chi connectivity index (χ2v) is 2.34. The minimum Gasteiger partial charge on any atom is -0.400 e. The lowest BCUT2D eigenvalue weighted by Crippen LogP contribution is -1.74. The molecule has 1 aromatic rings. The number of pyridine rings is 1. The predicted octanol–water partition coefficient (Wildman–Crippen LogP) is 1.49. The van der Waals surface area contributed by atoms with E-state index in [4.69, 9.17) is 9.84 Å². The molecule has 0 saturated carbocycles. The Kier molecular flexibility index (Phi) is 10.3. The van der Waals surface area contributed by atoms with Crippen LogP contribution in [0.5, 0.6) is 0 Å². The lowest BCUT2D eigenvalue weighted by molar-refractivity contribution is 0.198. The average molecular weight is 183 g/mol. The molecule has 1 aromatic heterocycles. The standard InChI is InChI=1S/C5H5N.C4H8O.CH4O/c1-2-4-6-5-3-1;1-2-4-5-3-1;1-2/h1-5H;1-4H2;2H,1H3. The molecule has 0 unspecified atom stereocenters. The molecule has 0 aromatic carbocycles. The van der Waals surface area contributed by atoms with E-state index in [0.29, 0.717) is 0 Å². The third-order valence-electron chi connectivity index (χ3n) is 1.39. The molecular weight excluding hydrogens is 166 g/mol. The van der Waals surface area contributed by atoms with E-state index in [9.17, 15) is 0 Å². The van der Waals surface area contributed by atoms with E-state index < -0.39 is 0 Å². The summed E-state index contributed by atoms with van der Waals surface area (Å²) in [6, 6.07) is 5.72. The maximum absolute atomic E-state index is 7.00. The van der Waals surface area contributed by atoms with Crippen molar-refractivity contribution in [2.24, 2.45) is 0 Å². The number of hydrogen-bond donors (Lipinski definition) is 1. The Bertz CT molecular complexity index is 130. The second-order valence-electron chi connectivity index (χ2n) is 2.34. The van der Waals surface area contributed by atoms with Crippen molar-refractivity contribution in [3.8, 4) is 0 Å². The van der Waals surface area contributed by atoms with Gasteiger partial charge >= 0.3 is 0 Å². The van der Waals surface area contributed by atoms with Crippen LogP contribution in [-0.4, -0.2) is 30.4 Å². The van der Waals surface area contributed by atoms with E-state index in [1.807, 2.05) is 18.2 Å². The number of aromatic nitrogens is 1. The topological polar surface area (TPSA) is 42.4 Å². The van der Waals surface area contributed by atoms with E-state index in [2.05, 4.69) is 4.98 Å². The highest BCUT2D eigenvalue weighted by Gasteiger charge is 1.94. The van der Waals surface area contributed by atoms with Crippen LogP contribution in [0.25, 0.3) is 0 Å². The van der Waals surface area contributed by atoms with Crippen molar-refractivity contribution < 1.29 is 9.84 Å². The Labute approximate surface area is 79.4 Å². The van der Waals surface area contributed by atoms with E-state index in [0.717, 1.165) is 20.3 Å². The lowest BCUT2D eigenvalue weighted by Gasteiger charge is -1.76. The zero-order valence-electron chi connectivity index (χ0n) is 8.02. The minimum absolute atomic E-state index is 1.00. The van der Waals surface area contributed by atoms with E-state index in [-0.39, 0.29) is 0 Å². The van der Waals surface area contributed by atoms with E-state index >= 15 is 0 Å². The fraction of sp³-hybridized carbons (Fsp3) is 0.500. The molecule has 1 saturated heterocycles. The van der Waals surface area contributed by atoms with Crippen LogP contribution in [0.4, 0.5) is 0 Å². The first kappa shape index (κ1) is 12.1. The smallest absolute Gasteiger partial charge is 0.0466 e. The summed E-state index contributed by atoms with van der Waals surface area (Å²) in [5, 5.41) is 7.00. The molecule has 2 heterocycles. The number of rotatable bonds is 0. The fourth-order valence-corrected chi connectivity index (χ4v) is 0.823. The molecule has 3 nitrogen and oxygen atoms in total. The summed E-state index contributed by atoms with van der Waals surface area (Å²) in [6.45, 7) is 2.00. The van der Waals surface area contributed by atoms with Gasteiger partial charge in [-0.15, -0.1) is 0 Å². The number of aliphatic hydroxyl groups is 1. The van der Waals surface area contributed by atoms with Gasteiger partial charge in [0, 0.05) is 32.7 Å². The van der Waals surface area contributed by atoms with Crippen molar-refractivity contribution in [3.63, 3.8) is 0 Å². The summed E-state index contributed by atoms with van der Waals surface area (Å²) in [5.41, 5.74) is 0. The minimum atomic E-state index is 1.00. The molecule has 1 N–H and O–H groups in total. The molecule has 74 valence electrons. The molecule has 1 aliphatic heterocycles. The SMILES string of the molecule is C1CCOC1.CO.c1ccncc1. The Hall–Kier alpha value is -0.930. The molecular formula is C10H17NO2. The molecule has 0 amide bonds. The highest BCUT2D eigenvalue weighted by Crippen LogP contribution is 1.98. The Morgan fingerprint density at radius 3 is 1.69 bits per heavy atom. The third-order valence-corrected chi connectivity index (χ3v) is 1.39. The van der Waals surface area contributed by atoms with Crippen molar-refractivity contribution >= 4 is 0 Å². The highest BCUT2D eigenvalue weighted by molar-refractivity contribution is 4.88. The molecule has 0 radical (unpaired) electrons. The fourth-order valence-electron chi connectivity index (χ4n) is 0.823. The summed E-state index contributed by atoms with van der Waals surface area (Å²) in [4.78, 5) is 3.78. The van der Waals surface area contributed by atoms with Crippen molar-refractivity contribution in [2.45, 2.75) is 12.8 Å². The van der Waals surface area contributed by atoms with Crippen LogP contribution in [0.2, 0.25) is 0 Å². The average Bonchev–Trinajstić information content (AvgIpc) is 2.82. The molecule has 3 heteroatoms. The molecule has 0 aliphatic carbocycles. The van der Waals surface area contributed by atoms with Crippen molar-refractivity contribution in [3.05, 3.63) is 30.6 Å². The maximum Gasteiger partial charge on any atom is 0.0466 e. The van der Waals surface area contributed by atoms with Gasteiger partial charge in [-0.3, -0.25) is 4.98 Å². The molecule has 0 spiro atoms. The van der Waals surface area contributed by atoms with Crippen LogP contribution in [-0.2, 0) is 4.74 Å². The molecule has 0 bridgehead atoms. The zero-order chi connectivity index (χ0) is 9.78. The molecule has 1 aliphatic rings. The summed E-state index contributed by atoms with van der Waals surface area (Å²) in [5.74, 6) is 0. The predicted molar refractivity (Wildman–Crippen MR) is 52.4 cm³/mol. The van der Waals surface area contributed by atoms with Crippen molar-refractivity contribution in [1.82, 2.24) is 4.98 Å². The summed E-state index contributed by atoms with van der Waals surface area (Å²) < 4.78 is 4.94. The van der Waals surface area contributed by atoms with E-state index in [1.165, 1.54) is 12.8 Å². The Balaban J connectivity index is 0.000000189. The number of aliphatic hydroxyl groups excluding tert-OH is 1. The first-order valence-electron chi connectivity index (χ1n) is 4.37. The van der Waals surface area contributed by atoms with Gasteiger partial charge in [0.25, 0.3) is 0 Å². The number of nitrogens with zero attached hydrogens (tertiary/aromatic N) is 1. The molecule has 2 rings (SSSR count). The Morgan fingerprint density at radius 1 is 1.00 bits per heavy atom. The largest absolute Gasteiger partial charge is 0.400 e. The van der Waals surface area contributed by atoms with Crippen LogP contribution in [0.1, 0.15) is 12.8 Å². The van der Waals surface area contributed by atoms with Gasteiger partial charge in [-0.25, -0.2) is 0 Å². The first-order chi connectivity index (χ1) is 6.50. The third kappa shape index (κ3) is 8.98. The number of hydrogen-bond acceptors (Lipinski definition) is 3. The van der Waals surface area contributed by atoms with Crippen LogP contribution in [0.3, 0.4) is 0 Å². The van der Waals surface area contributed by atoms with Gasteiger partial charge in [0.05, 0.1) is 0 Å². The van der Waals surface area contributed by atoms with Crippen molar-refractivity contribution in [2.75, 3.05) is 20.3 Å². The first-order valence-corrected chi connectivity index (χ1v) is 4.37. The molecule has 1 fully saturated rings. The monoisotopic (exact) mass is 183 g/mol. The zero-order valence-corrected chi connectivity index (χ0v) is 8.02.